The van der Waals surface area contributed by atoms with Crippen LogP contribution in [-0.4, -0.2) is 52.0 Å². The van der Waals surface area contributed by atoms with Crippen LogP contribution in [0.4, 0.5) is 11.6 Å². The molecule has 8 nitrogen and oxygen atoms in total. The van der Waals surface area contributed by atoms with Crippen molar-refractivity contribution >= 4 is 17.3 Å². The smallest absolute Gasteiger partial charge is 0.178 e. The minimum absolute atomic E-state index is 0.296. The van der Waals surface area contributed by atoms with Crippen molar-refractivity contribution in [2.75, 3.05) is 37.0 Å². The zero-order valence-electron chi connectivity index (χ0n) is 17.5. The minimum Gasteiger partial charge on any atom is -0.361 e. The summed E-state index contributed by atoms with van der Waals surface area (Å²) in [6, 6.07) is 8.37. The second-order valence-electron chi connectivity index (χ2n) is 8.46. The average Bonchev–Trinajstić information content (AvgIpc) is 3.21. The summed E-state index contributed by atoms with van der Waals surface area (Å²) in [5.41, 5.74) is 3.93. The fraction of sp³-hybridized carbons (Fsp3) is 0.500. The van der Waals surface area contributed by atoms with Crippen molar-refractivity contribution in [3.05, 3.63) is 40.8 Å². The van der Waals surface area contributed by atoms with Crippen molar-refractivity contribution in [3.63, 3.8) is 0 Å². The molecule has 8 heteroatoms. The van der Waals surface area contributed by atoms with E-state index in [1.807, 2.05) is 35.6 Å². The Balaban J connectivity index is 1.38. The number of aryl methyl sites for hydroxylation is 2. The molecule has 0 N–H and O–H groups in total. The third-order valence-electron chi connectivity index (χ3n) is 6.29. The number of hydrogen-bond acceptors (Lipinski definition) is 7. The highest BCUT2D eigenvalue weighted by Gasteiger charge is 2.28. The molecule has 0 unspecified atom stereocenters. The Morgan fingerprint density at radius 3 is 2.67 bits per heavy atom. The van der Waals surface area contributed by atoms with E-state index in [9.17, 15) is 5.26 Å². The highest BCUT2D eigenvalue weighted by atomic mass is 15.4. The molecule has 4 heterocycles. The van der Waals surface area contributed by atoms with E-state index in [4.69, 9.17) is 10.1 Å². The third kappa shape index (κ3) is 3.24. The first-order valence-electron chi connectivity index (χ1n) is 10.7. The van der Waals surface area contributed by atoms with Gasteiger partial charge in [0.15, 0.2) is 11.5 Å². The molecular formula is C22H26N8. The van der Waals surface area contributed by atoms with E-state index in [1.54, 1.807) is 0 Å². The van der Waals surface area contributed by atoms with Crippen molar-refractivity contribution in [1.82, 2.24) is 24.8 Å². The van der Waals surface area contributed by atoms with Crippen LogP contribution in [0.1, 0.15) is 54.2 Å². The van der Waals surface area contributed by atoms with Gasteiger partial charge in [-0.25, -0.2) is 4.98 Å². The van der Waals surface area contributed by atoms with Crippen LogP contribution in [0.3, 0.4) is 0 Å². The van der Waals surface area contributed by atoms with E-state index < -0.39 is 0 Å². The number of anilines is 2. The standard InChI is InChI=1S/C22H26N8/c1-28(2)20-8-7-19-25-26-22(30(19)27-20)15-9-11-29(12-10-15)21-17(14-23)13-16-5-3-4-6-18(16)24-21/h7-8,13,15H,3-6,9-12H2,1-2H3. The number of pyridine rings is 1. The Kier molecular flexibility index (Phi) is 4.74. The molecule has 0 radical (unpaired) electrons. The van der Waals surface area contributed by atoms with Gasteiger partial charge >= 0.3 is 0 Å². The maximum atomic E-state index is 9.69. The lowest BCUT2D eigenvalue weighted by molar-refractivity contribution is 0.474. The lowest BCUT2D eigenvalue weighted by Crippen LogP contribution is -2.35. The zero-order valence-corrected chi connectivity index (χ0v) is 17.5. The molecule has 3 aromatic rings. The molecule has 0 amide bonds. The average molecular weight is 403 g/mol. The van der Waals surface area contributed by atoms with Gasteiger partial charge in [-0.3, -0.25) is 0 Å². The van der Waals surface area contributed by atoms with Gasteiger partial charge in [-0.1, -0.05) is 0 Å². The molecular weight excluding hydrogens is 376 g/mol. The van der Waals surface area contributed by atoms with Crippen LogP contribution >= 0.6 is 0 Å². The summed E-state index contributed by atoms with van der Waals surface area (Å²) >= 11 is 0. The molecule has 2 aliphatic rings. The van der Waals surface area contributed by atoms with E-state index in [1.165, 1.54) is 24.1 Å². The molecule has 0 saturated carbocycles. The summed E-state index contributed by atoms with van der Waals surface area (Å²) in [4.78, 5) is 9.18. The predicted octanol–water partition coefficient (Wildman–Crippen LogP) is 2.72. The number of rotatable bonds is 3. The monoisotopic (exact) mass is 402 g/mol. The molecule has 3 aromatic heterocycles. The van der Waals surface area contributed by atoms with Gasteiger partial charge in [-0.2, -0.15) is 9.78 Å². The minimum atomic E-state index is 0.296. The second-order valence-corrected chi connectivity index (χ2v) is 8.46. The molecule has 1 saturated heterocycles. The van der Waals surface area contributed by atoms with Gasteiger partial charge in [-0.15, -0.1) is 15.3 Å². The topological polar surface area (TPSA) is 86.2 Å². The van der Waals surface area contributed by atoms with Crippen molar-refractivity contribution in [2.45, 2.75) is 44.4 Å². The molecule has 30 heavy (non-hydrogen) atoms. The van der Waals surface area contributed by atoms with Crippen molar-refractivity contribution in [2.24, 2.45) is 0 Å². The van der Waals surface area contributed by atoms with Crippen molar-refractivity contribution in [1.29, 1.82) is 5.26 Å². The van der Waals surface area contributed by atoms with E-state index in [-0.39, 0.29) is 0 Å². The zero-order chi connectivity index (χ0) is 20.7. The lowest BCUT2D eigenvalue weighted by atomic mass is 9.93. The fourth-order valence-electron chi connectivity index (χ4n) is 4.58. The Labute approximate surface area is 176 Å². The van der Waals surface area contributed by atoms with Crippen molar-refractivity contribution in [3.8, 4) is 6.07 Å². The number of aromatic nitrogens is 5. The second kappa shape index (κ2) is 7.56. The Morgan fingerprint density at radius 2 is 1.90 bits per heavy atom. The van der Waals surface area contributed by atoms with Gasteiger partial charge in [0.25, 0.3) is 0 Å². The van der Waals surface area contributed by atoms with Gasteiger partial charge in [0.2, 0.25) is 0 Å². The van der Waals surface area contributed by atoms with Crippen LogP contribution in [0.15, 0.2) is 18.2 Å². The highest BCUT2D eigenvalue weighted by Crippen LogP contribution is 2.32. The molecule has 5 rings (SSSR count). The number of fused-ring (bicyclic) bond motifs is 2. The van der Waals surface area contributed by atoms with Crippen molar-refractivity contribution < 1.29 is 0 Å². The van der Waals surface area contributed by atoms with Gasteiger partial charge in [0.05, 0.1) is 5.56 Å². The normalized spacial score (nSPS) is 17.0. The molecule has 0 bridgehead atoms. The Bertz CT molecular complexity index is 1120. The highest BCUT2D eigenvalue weighted by molar-refractivity contribution is 5.57. The molecule has 1 aliphatic heterocycles. The first-order valence-corrected chi connectivity index (χ1v) is 10.7. The van der Waals surface area contributed by atoms with Gasteiger partial charge in [-0.05, 0) is 62.3 Å². The van der Waals surface area contributed by atoms with Gasteiger partial charge in [0.1, 0.15) is 17.7 Å². The summed E-state index contributed by atoms with van der Waals surface area (Å²) in [6.45, 7) is 1.71. The number of hydrogen-bond donors (Lipinski definition) is 0. The predicted molar refractivity (Wildman–Crippen MR) is 115 cm³/mol. The molecule has 1 fully saturated rings. The summed E-state index contributed by atoms with van der Waals surface area (Å²) in [5.74, 6) is 2.96. The van der Waals surface area contributed by atoms with Gasteiger partial charge in [0, 0.05) is 38.8 Å². The summed E-state index contributed by atoms with van der Waals surface area (Å²) in [6.07, 6.45) is 6.34. The SMILES string of the molecule is CN(C)c1ccc2nnc(C3CCN(c4nc5c(cc4C#N)CCCC5)CC3)n2n1. The maximum Gasteiger partial charge on any atom is 0.178 e. The third-order valence-corrected chi connectivity index (χ3v) is 6.29. The summed E-state index contributed by atoms with van der Waals surface area (Å²) in [7, 11) is 3.96. The molecule has 154 valence electrons. The first-order chi connectivity index (χ1) is 14.6. The van der Waals surface area contributed by atoms with E-state index in [2.05, 4.69) is 27.2 Å². The molecule has 0 atom stereocenters. The van der Waals surface area contributed by atoms with Crippen LogP contribution in [-0.2, 0) is 12.8 Å². The maximum absolute atomic E-state index is 9.69. The van der Waals surface area contributed by atoms with E-state index in [0.29, 0.717) is 11.5 Å². The van der Waals surface area contributed by atoms with Crippen LogP contribution in [0, 0.1) is 11.3 Å². The number of nitrogens with zero attached hydrogens (tertiary/aromatic N) is 8. The summed E-state index contributed by atoms with van der Waals surface area (Å²) < 4.78 is 1.88. The lowest BCUT2D eigenvalue weighted by Gasteiger charge is -2.33. The Hall–Kier alpha value is -3.21. The van der Waals surface area contributed by atoms with Crippen LogP contribution in [0.5, 0.6) is 0 Å². The Morgan fingerprint density at radius 1 is 1.10 bits per heavy atom. The van der Waals surface area contributed by atoms with E-state index >= 15 is 0 Å². The van der Waals surface area contributed by atoms with Gasteiger partial charge < -0.3 is 9.80 Å². The quantitative estimate of drug-likeness (QED) is 0.666. The number of nitriles is 1. The van der Waals surface area contributed by atoms with E-state index in [0.717, 1.165) is 61.9 Å². The first kappa shape index (κ1) is 18.8. The molecule has 0 spiro atoms. The molecule has 0 aromatic carbocycles. The van der Waals surface area contributed by atoms with Crippen LogP contribution in [0.2, 0.25) is 0 Å². The largest absolute Gasteiger partial charge is 0.361 e. The number of piperidine rings is 1. The molecule has 1 aliphatic carbocycles. The summed E-state index contributed by atoms with van der Waals surface area (Å²) in [5, 5.41) is 23.2. The van der Waals surface area contributed by atoms with Crippen LogP contribution in [0.25, 0.3) is 5.65 Å². The fourth-order valence-corrected chi connectivity index (χ4v) is 4.58. The van der Waals surface area contributed by atoms with Crippen LogP contribution < -0.4 is 9.80 Å².